The summed E-state index contributed by atoms with van der Waals surface area (Å²) in [6, 6.07) is 7.78. The third-order valence-corrected chi connectivity index (χ3v) is 2.78. The number of pyridine rings is 2. The molecule has 1 atom stereocenters. The Morgan fingerprint density at radius 1 is 1.28 bits per heavy atom. The van der Waals surface area contributed by atoms with Crippen LogP contribution < -0.4 is 4.90 Å². The molecule has 2 rings (SSSR count). The lowest BCUT2D eigenvalue weighted by Gasteiger charge is -2.19. The Morgan fingerprint density at radius 2 is 2.11 bits per heavy atom. The summed E-state index contributed by atoms with van der Waals surface area (Å²) in [4.78, 5) is 10.4. The van der Waals surface area contributed by atoms with Crippen LogP contribution in [0.2, 0.25) is 0 Å². The highest BCUT2D eigenvalue weighted by Crippen LogP contribution is 2.16. The van der Waals surface area contributed by atoms with Gasteiger partial charge in [0.2, 0.25) is 0 Å². The van der Waals surface area contributed by atoms with E-state index < -0.39 is 6.10 Å². The van der Waals surface area contributed by atoms with Crippen molar-refractivity contribution in [3.05, 3.63) is 54.1 Å². The first-order valence-corrected chi connectivity index (χ1v) is 5.91. The van der Waals surface area contributed by atoms with Gasteiger partial charge in [0.1, 0.15) is 0 Å². The van der Waals surface area contributed by atoms with E-state index in [1.54, 1.807) is 19.3 Å². The summed E-state index contributed by atoms with van der Waals surface area (Å²) in [5.74, 6) is 0. The van der Waals surface area contributed by atoms with Crippen LogP contribution in [0.5, 0.6) is 0 Å². The lowest BCUT2D eigenvalue weighted by molar-refractivity contribution is 0.194. The Kier molecular flexibility index (Phi) is 3.89. The number of hydrogen-bond donors (Lipinski definition) is 1. The zero-order valence-corrected chi connectivity index (χ0v) is 10.6. The molecule has 0 aliphatic heterocycles. The van der Waals surface area contributed by atoms with Gasteiger partial charge in [-0.05, 0) is 30.7 Å². The Balaban J connectivity index is 2.07. The predicted octanol–water partition coefficient (Wildman–Crippen LogP) is 2.17. The molecule has 0 unspecified atom stereocenters. The Hall–Kier alpha value is -1.94. The molecule has 94 valence electrons. The average molecular weight is 243 g/mol. The fourth-order valence-corrected chi connectivity index (χ4v) is 1.73. The fourth-order valence-electron chi connectivity index (χ4n) is 1.73. The monoisotopic (exact) mass is 243 g/mol. The van der Waals surface area contributed by atoms with E-state index in [1.165, 1.54) is 0 Å². The Bertz CT molecular complexity index is 482. The highest BCUT2D eigenvalue weighted by Gasteiger charge is 2.05. The van der Waals surface area contributed by atoms with Gasteiger partial charge in [0, 0.05) is 26.0 Å². The van der Waals surface area contributed by atoms with Crippen molar-refractivity contribution in [1.29, 1.82) is 0 Å². The first-order valence-electron chi connectivity index (χ1n) is 5.91. The first-order chi connectivity index (χ1) is 8.66. The number of nitrogens with zero attached hydrogens (tertiary/aromatic N) is 3. The van der Waals surface area contributed by atoms with E-state index in [4.69, 9.17) is 0 Å². The maximum absolute atomic E-state index is 9.40. The molecule has 0 bridgehead atoms. The van der Waals surface area contributed by atoms with Gasteiger partial charge in [-0.25, -0.2) is 0 Å². The number of aliphatic hydroxyl groups excluding tert-OH is 1. The van der Waals surface area contributed by atoms with Crippen LogP contribution in [-0.2, 0) is 6.54 Å². The number of anilines is 1. The van der Waals surface area contributed by atoms with Crippen LogP contribution in [0.3, 0.4) is 0 Å². The SMILES string of the molecule is C[C@H](O)c1ccc(N(C)Cc2cccnc2)cn1. The summed E-state index contributed by atoms with van der Waals surface area (Å²) >= 11 is 0. The molecule has 18 heavy (non-hydrogen) atoms. The van der Waals surface area contributed by atoms with Crippen molar-refractivity contribution < 1.29 is 5.11 Å². The van der Waals surface area contributed by atoms with Crippen molar-refractivity contribution in [2.45, 2.75) is 19.6 Å². The molecule has 0 spiro atoms. The molecule has 0 aliphatic rings. The minimum atomic E-state index is -0.525. The number of hydrogen-bond acceptors (Lipinski definition) is 4. The largest absolute Gasteiger partial charge is 0.387 e. The summed E-state index contributed by atoms with van der Waals surface area (Å²) in [6.45, 7) is 2.49. The smallest absolute Gasteiger partial charge is 0.0931 e. The normalized spacial score (nSPS) is 12.2. The van der Waals surface area contributed by atoms with Gasteiger partial charge in [-0.1, -0.05) is 6.07 Å². The molecular formula is C14H17N3O. The zero-order chi connectivity index (χ0) is 13.0. The average Bonchev–Trinajstić information content (AvgIpc) is 2.40. The predicted molar refractivity (Wildman–Crippen MR) is 71.2 cm³/mol. The molecule has 0 saturated heterocycles. The molecule has 2 heterocycles. The topological polar surface area (TPSA) is 49.2 Å². The van der Waals surface area contributed by atoms with Crippen LogP contribution in [0.1, 0.15) is 24.3 Å². The van der Waals surface area contributed by atoms with Crippen molar-refractivity contribution in [3.8, 4) is 0 Å². The van der Waals surface area contributed by atoms with Crippen LogP contribution in [0.25, 0.3) is 0 Å². The molecule has 4 nitrogen and oxygen atoms in total. The molecular weight excluding hydrogens is 226 g/mol. The highest BCUT2D eigenvalue weighted by molar-refractivity contribution is 5.44. The van der Waals surface area contributed by atoms with E-state index in [-0.39, 0.29) is 0 Å². The summed E-state index contributed by atoms with van der Waals surface area (Å²) in [6.07, 6.45) is 4.87. The van der Waals surface area contributed by atoms with Crippen LogP contribution >= 0.6 is 0 Å². The zero-order valence-electron chi connectivity index (χ0n) is 10.6. The van der Waals surface area contributed by atoms with Crippen molar-refractivity contribution in [2.75, 3.05) is 11.9 Å². The van der Waals surface area contributed by atoms with E-state index in [1.807, 2.05) is 37.5 Å². The van der Waals surface area contributed by atoms with Crippen LogP contribution in [-0.4, -0.2) is 22.1 Å². The first kappa shape index (κ1) is 12.5. The molecule has 0 radical (unpaired) electrons. The van der Waals surface area contributed by atoms with Crippen LogP contribution in [0.4, 0.5) is 5.69 Å². The van der Waals surface area contributed by atoms with E-state index >= 15 is 0 Å². The number of rotatable bonds is 4. The van der Waals surface area contributed by atoms with Crippen LogP contribution in [0, 0.1) is 0 Å². The van der Waals surface area contributed by atoms with E-state index in [0.29, 0.717) is 5.69 Å². The molecule has 0 fully saturated rings. The summed E-state index contributed by atoms with van der Waals surface area (Å²) < 4.78 is 0. The Labute approximate surface area is 107 Å². The van der Waals surface area contributed by atoms with Crippen molar-refractivity contribution in [1.82, 2.24) is 9.97 Å². The molecule has 0 aliphatic carbocycles. The lowest BCUT2D eigenvalue weighted by atomic mass is 10.2. The standard InChI is InChI=1S/C14H17N3O/c1-11(18)14-6-5-13(9-16-14)17(2)10-12-4-3-7-15-8-12/h3-9,11,18H,10H2,1-2H3/t11-/m0/s1. The maximum atomic E-state index is 9.40. The quantitative estimate of drug-likeness (QED) is 0.894. The van der Waals surface area contributed by atoms with Gasteiger partial charge in [-0.2, -0.15) is 0 Å². The van der Waals surface area contributed by atoms with Gasteiger partial charge in [-0.3, -0.25) is 9.97 Å². The van der Waals surface area contributed by atoms with Gasteiger partial charge >= 0.3 is 0 Å². The Morgan fingerprint density at radius 3 is 2.67 bits per heavy atom. The third kappa shape index (κ3) is 3.05. The second-order valence-corrected chi connectivity index (χ2v) is 4.33. The second-order valence-electron chi connectivity index (χ2n) is 4.33. The van der Waals surface area contributed by atoms with Crippen molar-refractivity contribution in [3.63, 3.8) is 0 Å². The molecule has 1 N–H and O–H groups in total. The van der Waals surface area contributed by atoms with Gasteiger partial charge in [0.05, 0.1) is 23.7 Å². The minimum absolute atomic E-state index is 0.525. The van der Waals surface area contributed by atoms with E-state index in [0.717, 1.165) is 17.8 Å². The van der Waals surface area contributed by atoms with E-state index in [9.17, 15) is 5.11 Å². The van der Waals surface area contributed by atoms with Crippen molar-refractivity contribution in [2.24, 2.45) is 0 Å². The molecule has 0 saturated carbocycles. The number of aliphatic hydroxyl groups is 1. The molecule has 2 aromatic heterocycles. The van der Waals surface area contributed by atoms with Crippen LogP contribution in [0.15, 0.2) is 42.9 Å². The molecule has 2 aromatic rings. The molecule has 0 amide bonds. The van der Waals surface area contributed by atoms with Gasteiger partial charge < -0.3 is 10.0 Å². The summed E-state index contributed by atoms with van der Waals surface area (Å²) in [5.41, 5.74) is 2.86. The summed E-state index contributed by atoms with van der Waals surface area (Å²) in [7, 11) is 2.01. The molecule has 4 heteroatoms. The van der Waals surface area contributed by atoms with Gasteiger partial charge in [-0.15, -0.1) is 0 Å². The van der Waals surface area contributed by atoms with Gasteiger partial charge in [0.15, 0.2) is 0 Å². The second kappa shape index (κ2) is 5.60. The highest BCUT2D eigenvalue weighted by atomic mass is 16.3. The summed E-state index contributed by atoms with van der Waals surface area (Å²) in [5, 5.41) is 9.40. The third-order valence-electron chi connectivity index (χ3n) is 2.78. The van der Waals surface area contributed by atoms with Crippen molar-refractivity contribution >= 4 is 5.69 Å². The number of aromatic nitrogens is 2. The fraction of sp³-hybridized carbons (Fsp3) is 0.286. The van der Waals surface area contributed by atoms with Gasteiger partial charge in [0.25, 0.3) is 0 Å². The minimum Gasteiger partial charge on any atom is -0.387 e. The maximum Gasteiger partial charge on any atom is 0.0931 e. The lowest BCUT2D eigenvalue weighted by Crippen LogP contribution is -2.16. The van der Waals surface area contributed by atoms with E-state index in [2.05, 4.69) is 14.9 Å². The molecule has 0 aromatic carbocycles.